The Hall–Kier alpha value is -1.58. The smallest absolute Gasteiger partial charge is 0.407 e. The molecule has 0 saturated heterocycles. The molecule has 0 unspecified atom stereocenters. The minimum atomic E-state index is -0.511. The number of nitrogens with one attached hydrogen (secondary N) is 1. The maximum absolute atomic E-state index is 11.5. The van der Waals surface area contributed by atoms with Crippen molar-refractivity contribution in [1.82, 2.24) is 5.32 Å². The fraction of sp³-hybridized carbons (Fsp3) is 0.931. The summed E-state index contributed by atoms with van der Waals surface area (Å²) in [5.74, 6) is -0.163. The van der Waals surface area contributed by atoms with Crippen LogP contribution in [0.4, 0.5) is 4.79 Å². The number of carbonyl (C=O) groups is 2. The zero-order valence-corrected chi connectivity index (χ0v) is 26.5. The van der Waals surface area contributed by atoms with Crippen molar-refractivity contribution in [2.24, 2.45) is 0 Å². The van der Waals surface area contributed by atoms with Gasteiger partial charge < -0.3 is 52.7 Å². The maximum Gasteiger partial charge on any atom is 0.407 e. The first-order valence-corrected chi connectivity index (χ1v) is 15.1. The van der Waals surface area contributed by atoms with E-state index in [0.29, 0.717) is 119 Å². The first-order chi connectivity index (χ1) is 20.3. The monoisotopic (exact) mass is 611 g/mol. The van der Waals surface area contributed by atoms with Gasteiger partial charge in [-0.05, 0) is 27.2 Å². The molecule has 0 atom stereocenters. The van der Waals surface area contributed by atoms with Crippen LogP contribution in [-0.2, 0) is 52.2 Å². The molecule has 0 saturated carbocycles. The molecule has 0 radical (unpaired) electrons. The molecule has 0 aromatic heterocycles. The lowest BCUT2D eigenvalue weighted by atomic mass is 10.2. The third-order valence-electron chi connectivity index (χ3n) is 4.99. The predicted octanol–water partition coefficient (Wildman–Crippen LogP) is 2.77. The van der Waals surface area contributed by atoms with Gasteiger partial charge in [0.15, 0.2) is 0 Å². The minimum Gasteiger partial charge on any atom is -0.463 e. The predicted molar refractivity (Wildman–Crippen MR) is 156 cm³/mol. The molecular weight excluding hydrogens is 554 g/mol. The fourth-order valence-electron chi connectivity index (χ4n) is 2.99. The van der Waals surface area contributed by atoms with Crippen molar-refractivity contribution in [3.05, 3.63) is 0 Å². The van der Waals surface area contributed by atoms with E-state index in [2.05, 4.69) is 12.2 Å². The molecular formula is C29H57NO12. The summed E-state index contributed by atoms with van der Waals surface area (Å²) in [6.07, 6.45) is 3.03. The highest BCUT2D eigenvalue weighted by atomic mass is 16.6. The molecule has 42 heavy (non-hydrogen) atoms. The highest BCUT2D eigenvalue weighted by Crippen LogP contribution is 2.06. The quantitative estimate of drug-likeness (QED) is 0.0911. The molecule has 0 heterocycles. The molecule has 1 N–H and O–H groups in total. The van der Waals surface area contributed by atoms with Crippen molar-refractivity contribution in [2.75, 3.05) is 119 Å². The van der Waals surface area contributed by atoms with Gasteiger partial charge in [0.25, 0.3) is 0 Å². The second-order valence-electron chi connectivity index (χ2n) is 10.0. The van der Waals surface area contributed by atoms with E-state index in [-0.39, 0.29) is 12.6 Å². The summed E-state index contributed by atoms with van der Waals surface area (Å²) in [6, 6.07) is 0. The van der Waals surface area contributed by atoms with Crippen LogP contribution in [0.1, 0.15) is 53.4 Å². The van der Waals surface area contributed by atoms with E-state index < -0.39 is 11.7 Å². The number of unbranched alkanes of at least 4 members (excludes halogenated alkanes) is 2. The molecule has 0 fully saturated rings. The summed E-state index contributed by atoms with van der Waals surface area (Å²) in [6.45, 7) is 15.6. The molecule has 0 aliphatic heterocycles. The van der Waals surface area contributed by atoms with Gasteiger partial charge in [0, 0.05) is 13.0 Å². The van der Waals surface area contributed by atoms with E-state index in [1.807, 2.05) is 20.8 Å². The lowest BCUT2D eigenvalue weighted by molar-refractivity contribution is -0.145. The minimum absolute atomic E-state index is 0.163. The molecule has 1 amide bonds. The van der Waals surface area contributed by atoms with Gasteiger partial charge in [-0.2, -0.15) is 0 Å². The van der Waals surface area contributed by atoms with Crippen LogP contribution in [0.5, 0.6) is 0 Å². The molecule has 0 aromatic carbocycles. The summed E-state index contributed by atoms with van der Waals surface area (Å²) in [5.41, 5.74) is -0.511. The molecule has 0 aromatic rings. The van der Waals surface area contributed by atoms with Crippen LogP contribution in [0, 0.1) is 0 Å². The van der Waals surface area contributed by atoms with E-state index in [1.165, 1.54) is 0 Å². The van der Waals surface area contributed by atoms with Gasteiger partial charge >= 0.3 is 12.1 Å². The van der Waals surface area contributed by atoms with Gasteiger partial charge in [-0.25, -0.2) is 4.79 Å². The Bertz CT molecular complexity index is 604. The van der Waals surface area contributed by atoms with Crippen molar-refractivity contribution >= 4 is 12.1 Å². The Balaban J connectivity index is 3.13. The van der Waals surface area contributed by atoms with Crippen molar-refractivity contribution in [3.8, 4) is 0 Å². The molecule has 13 heteroatoms. The van der Waals surface area contributed by atoms with E-state index in [4.69, 9.17) is 47.4 Å². The summed E-state index contributed by atoms with van der Waals surface area (Å²) in [7, 11) is 0. The lowest BCUT2D eigenvalue weighted by Crippen LogP contribution is -2.34. The third kappa shape index (κ3) is 34.6. The van der Waals surface area contributed by atoms with E-state index in [1.54, 1.807) is 0 Å². The molecule has 250 valence electrons. The third-order valence-corrected chi connectivity index (χ3v) is 4.99. The number of alkyl carbamates (subject to hydrolysis) is 1. The zero-order chi connectivity index (χ0) is 31.0. The second kappa shape index (κ2) is 30.9. The second-order valence-corrected chi connectivity index (χ2v) is 10.0. The Labute approximate surface area is 252 Å². The normalized spacial score (nSPS) is 11.5. The van der Waals surface area contributed by atoms with Gasteiger partial charge in [-0.15, -0.1) is 0 Å². The molecule has 0 aliphatic carbocycles. The van der Waals surface area contributed by atoms with E-state index >= 15 is 0 Å². The number of ether oxygens (including phenoxy) is 10. The summed E-state index contributed by atoms with van der Waals surface area (Å²) < 4.78 is 53.6. The SMILES string of the molecule is CCCCCC(=O)OCCOCCOCCOCCOCCOCCOCCOCCOCCNC(=O)OC(C)(C)C. The first kappa shape index (κ1) is 40.4. The average Bonchev–Trinajstić information content (AvgIpc) is 2.93. The number of esters is 1. The van der Waals surface area contributed by atoms with E-state index in [0.717, 1.165) is 19.3 Å². The fourth-order valence-corrected chi connectivity index (χ4v) is 2.99. The summed E-state index contributed by atoms with van der Waals surface area (Å²) in [4.78, 5) is 22.9. The Morgan fingerprint density at radius 3 is 1.24 bits per heavy atom. The zero-order valence-electron chi connectivity index (χ0n) is 26.5. The van der Waals surface area contributed by atoms with Crippen molar-refractivity contribution in [3.63, 3.8) is 0 Å². The average molecular weight is 612 g/mol. The van der Waals surface area contributed by atoms with Crippen molar-refractivity contribution in [2.45, 2.75) is 59.0 Å². The molecule has 0 rings (SSSR count). The number of hydrogen-bond acceptors (Lipinski definition) is 12. The molecule has 0 bridgehead atoms. The van der Waals surface area contributed by atoms with Crippen LogP contribution in [-0.4, -0.2) is 137 Å². The van der Waals surface area contributed by atoms with Gasteiger partial charge in [0.2, 0.25) is 0 Å². The van der Waals surface area contributed by atoms with Crippen LogP contribution in [0.3, 0.4) is 0 Å². The molecule has 0 aliphatic rings. The van der Waals surface area contributed by atoms with Crippen LogP contribution >= 0.6 is 0 Å². The first-order valence-electron chi connectivity index (χ1n) is 15.1. The highest BCUT2D eigenvalue weighted by molar-refractivity contribution is 5.69. The Morgan fingerprint density at radius 1 is 0.524 bits per heavy atom. The Kier molecular flexibility index (Phi) is 29.7. The lowest BCUT2D eigenvalue weighted by Gasteiger charge is -2.19. The number of carbonyl (C=O) groups excluding carboxylic acids is 2. The molecule has 0 spiro atoms. The van der Waals surface area contributed by atoms with E-state index in [9.17, 15) is 9.59 Å². The van der Waals surface area contributed by atoms with Crippen molar-refractivity contribution in [1.29, 1.82) is 0 Å². The number of rotatable bonds is 31. The number of amides is 1. The van der Waals surface area contributed by atoms with Crippen LogP contribution < -0.4 is 5.32 Å². The van der Waals surface area contributed by atoms with Crippen molar-refractivity contribution < 1.29 is 57.0 Å². The highest BCUT2D eigenvalue weighted by Gasteiger charge is 2.15. The van der Waals surface area contributed by atoms with Gasteiger partial charge in [0.05, 0.1) is 106 Å². The summed E-state index contributed by atoms with van der Waals surface area (Å²) >= 11 is 0. The standard InChI is InChI=1S/C29H57NO12/c1-5-6-7-8-27(31)41-26-25-40-24-23-39-22-21-38-20-19-37-18-17-36-16-15-35-14-13-34-12-11-33-10-9-30-28(32)42-29(2,3)4/h5-26H2,1-4H3,(H,30,32). The summed E-state index contributed by atoms with van der Waals surface area (Å²) in [5, 5.41) is 2.62. The van der Waals surface area contributed by atoms with Crippen LogP contribution in [0.15, 0.2) is 0 Å². The van der Waals surface area contributed by atoms with Gasteiger partial charge in [-0.1, -0.05) is 19.8 Å². The van der Waals surface area contributed by atoms with Gasteiger partial charge in [-0.3, -0.25) is 4.79 Å². The van der Waals surface area contributed by atoms with Crippen LogP contribution in [0.25, 0.3) is 0 Å². The van der Waals surface area contributed by atoms with Gasteiger partial charge in [0.1, 0.15) is 12.2 Å². The maximum atomic E-state index is 11.5. The van der Waals surface area contributed by atoms with Crippen LogP contribution in [0.2, 0.25) is 0 Å². The number of hydrogen-bond donors (Lipinski definition) is 1. The topological polar surface area (TPSA) is 138 Å². The largest absolute Gasteiger partial charge is 0.463 e. The Morgan fingerprint density at radius 2 is 0.881 bits per heavy atom. The molecule has 13 nitrogen and oxygen atoms in total.